The Morgan fingerprint density at radius 3 is 2.46 bits per heavy atom. The molecule has 0 bridgehead atoms. The normalized spacial score (nSPS) is 20.9. The van der Waals surface area contributed by atoms with Crippen molar-refractivity contribution in [3.63, 3.8) is 0 Å². The topological polar surface area (TPSA) is 130 Å². The van der Waals surface area contributed by atoms with Crippen LogP contribution in [0.2, 0.25) is 0 Å². The molecule has 2 N–H and O–H groups in total. The number of amides is 4. The van der Waals surface area contributed by atoms with Crippen LogP contribution in [0.25, 0.3) is 11.4 Å². The first-order chi connectivity index (χ1) is 19.8. The monoisotopic (exact) mass is 583 g/mol. The molecule has 2 aliphatic heterocycles. The van der Waals surface area contributed by atoms with Gasteiger partial charge in [0.15, 0.2) is 11.6 Å². The van der Waals surface area contributed by atoms with Gasteiger partial charge in [0.1, 0.15) is 6.04 Å². The summed E-state index contributed by atoms with van der Waals surface area (Å²) in [5, 5.41) is 10.9. The molecule has 0 spiro atoms. The number of fused-ring (bicyclic) bond motifs is 1. The van der Waals surface area contributed by atoms with Crippen LogP contribution < -0.4 is 10.6 Å². The van der Waals surface area contributed by atoms with Gasteiger partial charge in [0.2, 0.25) is 23.6 Å². The number of nitrogens with one attached hydrogen (secondary N) is 2. The van der Waals surface area contributed by atoms with E-state index in [1.165, 1.54) is 0 Å². The number of rotatable bonds is 7. The number of likely N-dealkylation sites (tertiary alicyclic amines) is 1. The second-order valence-electron chi connectivity index (χ2n) is 10.9. The largest absolute Gasteiger partial charge is 0.344 e. The first kappa shape index (κ1) is 30.5. The number of benzene rings is 1. The lowest BCUT2D eigenvalue weighted by Gasteiger charge is -2.28. The van der Waals surface area contributed by atoms with Gasteiger partial charge in [-0.1, -0.05) is 44.2 Å². The van der Waals surface area contributed by atoms with E-state index in [1.54, 1.807) is 26.2 Å². The molecule has 1 saturated heterocycles. The van der Waals surface area contributed by atoms with Crippen molar-refractivity contribution in [1.82, 2.24) is 35.2 Å². The SMILES string of the molecule is CSCC[C@@H]1NC(=O)CCCN(C(=O)CN2CCCC2=O)CCn2nc(-c3ccccc3)nc2[C@@H](C(C)C)NC1=O. The molecule has 222 valence electrons. The van der Waals surface area contributed by atoms with Gasteiger partial charge in [0.05, 0.1) is 19.1 Å². The minimum absolute atomic E-state index is 0.00214. The van der Waals surface area contributed by atoms with Gasteiger partial charge in [-0.15, -0.1) is 0 Å². The van der Waals surface area contributed by atoms with E-state index < -0.39 is 12.1 Å². The van der Waals surface area contributed by atoms with Gasteiger partial charge >= 0.3 is 0 Å². The third kappa shape index (κ3) is 8.08. The fourth-order valence-corrected chi connectivity index (χ4v) is 5.63. The van der Waals surface area contributed by atoms with Crippen LogP contribution in [0.1, 0.15) is 57.8 Å². The Hall–Kier alpha value is -3.41. The third-order valence-corrected chi connectivity index (χ3v) is 8.15. The molecular formula is C29H41N7O4S. The first-order valence-corrected chi connectivity index (χ1v) is 15.8. The predicted molar refractivity (Wildman–Crippen MR) is 158 cm³/mol. The Morgan fingerprint density at radius 1 is 1.02 bits per heavy atom. The fraction of sp³-hybridized carbons (Fsp3) is 0.586. The minimum atomic E-state index is -0.678. The fourth-order valence-electron chi connectivity index (χ4n) is 5.15. The van der Waals surface area contributed by atoms with Crippen LogP contribution in [0, 0.1) is 5.92 Å². The van der Waals surface area contributed by atoms with E-state index in [2.05, 4.69) is 10.6 Å². The second kappa shape index (κ2) is 14.5. The van der Waals surface area contributed by atoms with Crippen molar-refractivity contribution in [1.29, 1.82) is 0 Å². The number of nitrogens with zero attached hydrogens (tertiary/aromatic N) is 5. The molecule has 1 aromatic carbocycles. The second-order valence-corrected chi connectivity index (χ2v) is 11.9. The highest BCUT2D eigenvalue weighted by Crippen LogP contribution is 2.25. The Labute approximate surface area is 245 Å². The molecule has 3 heterocycles. The Morgan fingerprint density at radius 2 is 1.78 bits per heavy atom. The third-order valence-electron chi connectivity index (χ3n) is 7.50. The molecule has 4 amide bonds. The zero-order chi connectivity index (χ0) is 29.4. The van der Waals surface area contributed by atoms with E-state index >= 15 is 0 Å². The van der Waals surface area contributed by atoms with E-state index in [0.717, 1.165) is 17.7 Å². The van der Waals surface area contributed by atoms with Crippen molar-refractivity contribution in [3.05, 3.63) is 36.2 Å². The van der Waals surface area contributed by atoms with E-state index in [1.807, 2.05) is 50.4 Å². The van der Waals surface area contributed by atoms with Gasteiger partial charge in [0, 0.05) is 38.0 Å². The van der Waals surface area contributed by atoms with Crippen LogP contribution in [0.15, 0.2) is 30.3 Å². The van der Waals surface area contributed by atoms with Gasteiger partial charge in [-0.05, 0) is 37.2 Å². The van der Waals surface area contributed by atoms with Crippen LogP contribution in [-0.2, 0) is 25.7 Å². The molecule has 4 rings (SSSR count). The highest BCUT2D eigenvalue weighted by atomic mass is 32.2. The van der Waals surface area contributed by atoms with Crippen molar-refractivity contribution >= 4 is 35.4 Å². The van der Waals surface area contributed by atoms with Crippen molar-refractivity contribution < 1.29 is 19.2 Å². The lowest BCUT2D eigenvalue weighted by molar-refractivity contribution is -0.138. The average molecular weight is 584 g/mol. The maximum Gasteiger partial charge on any atom is 0.243 e. The molecule has 0 radical (unpaired) electrons. The van der Waals surface area contributed by atoms with Gasteiger partial charge in [-0.2, -0.15) is 16.9 Å². The zero-order valence-corrected chi connectivity index (χ0v) is 25.0. The number of hydrogen-bond donors (Lipinski definition) is 2. The Bertz CT molecular complexity index is 1220. The zero-order valence-electron chi connectivity index (χ0n) is 24.2. The minimum Gasteiger partial charge on any atom is -0.344 e. The highest BCUT2D eigenvalue weighted by molar-refractivity contribution is 7.98. The Kier molecular flexibility index (Phi) is 10.8. The van der Waals surface area contributed by atoms with Gasteiger partial charge in [0.25, 0.3) is 0 Å². The van der Waals surface area contributed by atoms with Crippen LogP contribution in [-0.4, -0.2) is 92.4 Å². The lowest BCUT2D eigenvalue weighted by atomic mass is 10.0. The van der Waals surface area contributed by atoms with Crippen LogP contribution in [0.4, 0.5) is 0 Å². The van der Waals surface area contributed by atoms with Crippen molar-refractivity contribution in [2.24, 2.45) is 5.92 Å². The smallest absolute Gasteiger partial charge is 0.243 e. The first-order valence-electron chi connectivity index (χ1n) is 14.4. The number of hydrogen-bond acceptors (Lipinski definition) is 7. The van der Waals surface area contributed by atoms with Crippen LogP contribution in [0.3, 0.4) is 0 Å². The van der Waals surface area contributed by atoms with Crippen molar-refractivity contribution in [3.8, 4) is 11.4 Å². The summed E-state index contributed by atoms with van der Waals surface area (Å²) in [5.74, 6) is 1.22. The predicted octanol–water partition coefficient (Wildman–Crippen LogP) is 2.24. The van der Waals surface area contributed by atoms with E-state index in [0.29, 0.717) is 57.1 Å². The summed E-state index contributed by atoms with van der Waals surface area (Å²) in [7, 11) is 0. The molecule has 2 atom stereocenters. The summed E-state index contributed by atoms with van der Waals surface area (Å²) < 4.78 is 1.79. The van der Waals surface area contributed by atoms with Crippen LogP contribution >= 0.6 is 11.8 Å². The number of thioether (sulfide) groups is 1. The molecule has 2 aliphatic rings. The molecule has 11 nitrogen and oxygen atoms in total. The van der Waals surface area contributed by atoms with E-state index in [9.17, 15) is 19.2 Å². The number of aromatic nitrogens is 3. The molecule has 0 saturated carbocycles. The molecule has 2 aromatic rings. The van der Waals surface area contributed by atoms with Crippen molar-refractivity contribution in [2.75, 3.05) is 38.2 Å². The summed E-state index contributed by atoms with van der Waals surface area (Å²) in [4.78, 5) is 60.1. The average Bonchev–Trinajstić information content (AvgIpc) is 3.56. The number of carbonyl (C=O) groups excluding carboxylic acids is 4. The van der Waals surface area contributed by atoms with Gasteiger partial charge < -0.3 is 20.4 Å². The molecular weight excluding hydrogens is 542 g/mol. The molecule has 0 unspecified atom stereocenters. The molecule has 1 aromatic heterocycles. The number of carbonyl (C=O) groups is 4. The van der Waals surface area contributed by atoms with Crippen molar-refractivity contribution in [2.45, 2.75) is 64.6 Å². The summed E-state index contributed by atoms with van der Waals surface area (Å²) in [5.41, 5.74) is 0.852. The highest BCUT2D eigenvalue weighted by Gasteiger charge is 2.31. The van der Waals surface area contributed by atoms with Gasteiger partial charge in [-0.3, -0.25) is 19.2 Å². The molecule has 41 heavy (non-hydrogen) atoms. The molecule has 0 aliphatic carbocycles. The Balaban J connectivity index is 1.67. The summed E-state index contributed by atoms with van der Waals surface area (Å²) >= 11 is 1.62. The van der Waals surface area contributed by atoms with E-state index in [4.69, 9.17) is 10.1 Å². The maximum atomic E-state index is 13.5. The molecule has 1 fully saturated rings. The molecule has 12 heteroatoms. The standard InChI is InChI=1S/C29H41N7O4S/c1-20(2)26-28-32-27(21-9-5-4-6-10-21)33-36(28)17-16-34(25(39)19-35-15-8-12-24(35)38)14-7-11-23(37)30-22(13-18-41-3)29(40)31-26/h4-6,9-10,20,22,26H,7-8,11-19H2,1-3H3,(H,30,37)(H,31,40)/t22-,26+/m0/s1. The summed E-state index contributed by atoms with van der Waals surface area (Å²) in [6, 6.07) is 8.51. The summed E-state index contributed by atoms with van der Waals surface area (Å²) in [6.07, 6.45) is 4.33. The quantitative estimate of drug-likeness (QED) is 0.511. The maximum absolute atomic E-state index is 13.5. The lowest BCUT2D eigenvalue weighted by Crippen LogP contribution is -2.49. The van der Waals surface area contributed by atoms with Crippen LogP contribution in [0.5, 0.6) is 0 Å². The van der Waals surface area contributed by atoms with E-state index in [-0.39, 0.29) is 42.5 Å². The van der Waals surface area contributed by atoms with Gasteiger partial charge in [-0.25, -0.2) is 9.67 Å². The summed E-state index contributed by atoms with van der Waals surface area (Å²) in [6.45, 7) is 5.69.